The van der Waals surface area contributed by atoms with Crippen molar-refractivity contribution in [1.29, 1.82) is 0 Å². The van der Waals surface area contributed by atoms with Crippen molar-refractivity contribution < 1.29 is 0 Å². The molecule has 3 atom stereocenters. The van der Waals surface area contributed by atoms with E-state index in [1.54, 1.807) is 0 Å². The van der Waals surface area contributed by atoms with Gasteiger partial charge in [0.25, 0.3) is 0 Å². The SMILES string of the molecule is NCC1CCCC1N1CCN2CCCC2C1. The molecule has 0 amide bonds. The van der Waals surface area contributed by atoms with Crippen LogP contribution in [-0.2, 0) is 0 Å². The van der Waals surface area contributed by atoms with E-state index in [9.17, 15) is 0 Å². The molecule has 3 aliphatic rings. The third-order valence-electron chi connectivity index (χ3n) is 5.01. The fourth-order valence-corrected chi connectivity index (χ4v) is 4.09. The molecule has 16 heavy (non-hydrogen) atoms. The molecule has 3 unspecified atom stereocenters. The van der Waals surface area contributed by atoms with Gasteiger partial charge in [-0.2, -0.15) is 0 Å². The van der Waals surface area contributed by atoms with Gasteiger partial charge in [-0.3, -0.25) is 9.80 Å². The molecular weight excluding hydrogens is 198 g/mol. The first-order chi connectivity index (χ1) is 7.88. The van der Waals surface area contributed by atoms with Crippen LogP contribution in [0.4, 0.5) is 0 Å². The highest BCUT2D eigenvalue weighted by Gasteiger charge is 2.37. The highest BCUT2D eigenvalue weighted by molar-refractivity contribution is 4.93. The summed E-state index contributed by atoms with van der Waals surface area (Å²) in [6.07, 6.45) is 7.01. The molecule has 3 heteroatoms. The number of piperazine rings is 1. The minimum atomic E-state index is 0.785. The summed E-state index contributed by atoms with van der Waals surface area (Å²) < 4.78 is 0. The number of hydrogen-bond donors (Lipinski definition) is 1. The lowest BCUT2D eigenvalue weighted by Crippen LogP contribution is -2.54. The van der Waals surface area contributed by atoms with Gasteiger partial charge in [0.15, 0.2) is 0 Å². The van der Waals surface area contributed by atoms with Crippen molar-refractivity contribution in [3.8, 4) is 0 Å². The molecule has 2 saturated heterocycles. The average molecular weight is 223 g/mol. The molecule has 2 N–H and O–H groups in total. The largest absolute Gasteiger partial charge is 0.330 e. The molecule has 92 valence electrons. The van der Waals surface area contributed by atoms with Gasteiger partial charge in [0.05, 0.1) is 0 Å². The lowest BCUT2D eigenvalue weighted by molar-refractivity contribution is 0.0587. The van der Waals surface area contributed by atoms with E-state index in [0.29, 0.717) is 0 Å². The minimum Gasteiger partial charge on any atom is -0.330 e. The Kier molecular flexibility index (Phi) is 3.18. The molecule has 1 aliphatic carbocycles. The first kappa shape index (κ1) is 11.0. The van der Waals surface area contributed by atoms with E-state index in [2.05, 4.69) is 9.80 Å². The normalized spacial score (nSPS) is 41.4. The van der Waals surface area contributed by atoms with E-state index in [-0.39, 0.29) is 0 Å². The third-order valence-corrected chi connectivity index (χ3v) is 5.01. The number of nitrogens with two attached hydrogens (primary N) is 1. The lowest BCUT2D eigenvalue weighted by atomic mass is 10.0. The van der Waals surface area contributed by atoms with E-state index in [1.165, 1.54) is 58.3 Å². The molecule has 0 radical (unpaired) electrons. The predicted molar refractivity (Wildman–Crippen MR) is 66.4 cm³/mol. The third kappa shape index (κ3) is 1.89. The summed E-state index contributed by atoms with van der Waals surface area (Å²) in [6, 6.07) is 1.68. The van der Waals surface area contributed by atoms with Crippen LogP contribution in [0.15, 0.2) is 0 Å². The zero-order valence-corrected chi connectivity index (χ0v) is 10.3. The highest BCUT2D eigenvalue weighted by Crippen LogP contribution is 2.32. The van der Waals surface area contributed by atoms with Crippen LogP contribution in [0.3, 0.4) is 0 Å². The Hall–Kier alpha value is -0.120. The number of fused-ring (bicyclic) bond motifs is 1. The van der Waals surface area contributed by atoms with Crippen molar-refractivity contribution in [3.63, 3.8) is 0 Å². The summed E-state index contributed by atoms with van der Waals surface area (Å²) in [4.78, 5) is 5.46. The van der Waals surface area contributed by atoms with Crippen molar-refractivity contribution in [2.24, 2.45) is 11.7 Å². The quantitative estimate of drug-likeness (QED) is 0.755. The van der Waals surface area contributed by atoms with Crippen LogP contribution in [0.1, 0.15) is 32.1 Å². The van der Waals surface area contributed by atoms with Crippen LogP contribution in [-0.4, -0.2) is 54.6 Å². The predicted octanol–water partition coefficient (Wildman–Crippen LogP) is 0.894. The zero-order chi connectivity index (χ0) is 11.0. The fourth-order valence-electron chi connectivity index (χ4n) is 4.09. The number of hydrogen-bond acceptors (Lipinski definition) is 3. The molecule has 1 saturated carbocycles. The summed E-state index contributed by atoms with van der Waals surface area (Å²) in [7, 11) is 0. The summed E-state index contributed by atoms with van der Waals surface area (Å²) in [5.41, 5.74) is 5.90. The van der Waals surface area contributed by atoms with Crippen molar-refractivity contribution in [2.75, 3.05) is 32.7 Å². The topological polar surface area (TPSA) is 32.5 Å². The summed E-state index contributed by atoms with van der Waals surface area (Å²) in [6.45, 7) is 6.16. The minimum absolute atomic E-state index is 0.785. The van der Waals surface area contributed by atoms with Crippen LogP contribution in [0, 0.1) is 5.92 Å². The smallest absolute Gasteiger partial charge is 0.0224 e. The second-order valence-corrected chi connectivity index (χ2v) is 5.82. The molecule has 0 spiro atoms. The maximum Gasteiger partial charge on any atom is 0.0224 e. The van der Waals surface area contributed by atoms with E-state index in [1.807, 2.05) is 0 Å². The van der Waals surface area contributed by atoms with E-state index >= 15 is 0 Å². The van der Waals surface area contributed by atoms with Crippen molar-refractivity contribution in [2.45, 2.75) is 44.2 Å². The van der Waals surface area contributed by atoms with E-state index in [0.717, 1.165) is 24.5 Å². The summed E-state index contributed by atoms with van der Waals surface area (Å²) in [5.74, 6) is 0.785. The molecular formula is C13H25N3. The Bertz CT molecular complexity index is 243. The number of nitrogens with zero attached hydrogens (tertiary/aromatic N) is 2. The Morgan fingerprint density at radius 2 is 1.81 bits per heavy atom. The molecule has 2 heterocycles. The van der Waals surface area contributed by atoms with Crippen LogP contribution in [0.25, 0.3) is 0 Å². The second-order valence-electron chi connectivity index (χ2n) is 5.82. The monoisotopic (exact) mass is 223 g/mol. The number of rotatable bonds is 2. The van der Waals surface area contributed by atoms with Gasteiger partial charge in [-0.25, -0.2) is 0 Å². The Morgan fingerprint density at radius 3 is 2.69 bits per heavy atom. The molecule has 2 aliphatic heterocycles. The van der Waals surface area contributed by atoms with Gasteiger partial charge in [0, 0.05) is 31.7 Å². The summed E-state index contributed by atoms with van der Waals surface area (Å²) in [5, 5.41) is 0. The average Bonchev–Trinajstić information content (AvgIpc) is 2.96. The van der Waals surface area contributed by atoms with Crippen LogP contribution in [0.2, 0.25) is 0 Å². The van der Waals surface area contributed by atoms with Gasteiger partial charge in [-0.15, -0.1) is 0 Å². The molecule has 3 rings (SSSR count). The molecule has 3 fully saturated rings. The fraction of sp³-hybridized carbons (Fsp3) is 1.00. The van der Waals surface area contributed by atoms with E-state index < -0.39 is 0 Å². The van der Waals surface area contributed by atoms with Gasteiger partial charge in [0.2, 0.25) is 0 Å². The van der Waals surface area contributed by atoms with Crippen LogP contribution < -0.4 is 5.73 Å². The standard InChI is InChI=1S/C13H25N3/c14-9-11-3-1-5-13(11)16-8-7-15-6-2-4-12(15)10-16/h11-13H,1-10,14H2. The lowest BCUT2D eigenvalue weighted by Gasteiger charge is -2.42. The van der Waals surface area contributed by atoms with Gasteiger partial charge < -0.3 is 5.73 Å². The Balaban J connectivity index is 1.62. The van der Waals surface area contributed by atoms with Gasteiger partial charge in [0.1, 0.15) is 0 Å². The zero-order valence-electron chi connectivity index (χ0n) is 10.3. The van der Waals surface area contributed by atoms with Gasteiger partial charge >= 0.3 is 0 Å². The Labute approximate surface area is 99.0 Å². The highest BCUT2D eigenvalue weighted by atomic mass is 15.3. The van der Waals surface area contributed by atoms with Crippen molar-refractivity contribution >= 4 is 0 Å². The van der Waals surface area contributed by atoms with Crippen LogP contribution in [0.5, 0.6) is 0 Å². The van der Waals surface area contributed by atoms with Crippen LogP contribution >= 0.6 is 0 Å². The van der Waals surface area contributed by atoms with E-state index in [4.69, 9.17) is 5.73 Å². The molecule has 3 nitrogen and oxygen atoms in total. The molecule has 0 aromatic carbocycles. The van der Waals surface area contributed by atoms with Crippen molar-refractivity contribution in [1.82, 2.24) is 9.80 Å². The molecule has 0 aromatic heterocycles. The first-order valence-electron chi connectivity index (χ1n) is 7.06. The summed E-state index contributed by atoms with van der Waals surface area (Å²) >= 11 is 0. The second kappa shape index (κ2) is 4.63. The molecule has 0 bridgehead atoms. The van der Waals surface area contributed by atoms with Gasteiger partial charge in [-0.05, 0) is 44.7 Å². The Morgan fingerprint density at radius 1 is 0.938 bits per heavy atom. The maximum atomic E-state index is 5.90. The van der Waals surface area contributed by atoms with Gasteiger partial charge in [-0.1, -0.05) is 6.42 Å². The first-order valence-corrected chi connectivity index (χ1v) is 7.06. The molecule has 0 aromatic rings. The maximum absolute atomic E-state index is 5.90. The van der Waals surface area contributed by atoms with Crippen molar-refractivity contribution in [3.05, 3.63) is 0 Å².